The van der Waals surface area contributed by atoms with E-state index < -0.39 is 5.66 Å². The predicted octanol–water partition coefficient (Wildman–Crippen LogP) is 4.54. The SMILES string of the molecule is c1ccc(-c2cc3c4c(c2)-n2ccc[n+]2C42c4c(cccc4Oc4cccc[n+]42)O3)cc1. The Labute approximate surface area is 183 Å². The fourth-order valence-corrected chi connectivity index (χ4v) is 5.55. The van der Waals surface area contributed by atoms with Gasteiger partial charge in [-0.2, -0.15) is 0 Å². The molecule has 1 unspecified atom stereocenters. The molecule has 3 aromatic carbocycles. The van der Waals surface area contributed by atoms with E-state index in [1.54, 1.807) is 0 Å². The minimum Gasteiger partial charge on any atom is -0.455 e. The van der Waals surface area contributed by atoms with E-state index in [0.29, 0.717) is 0 Å². The lowest BCUT2D eigenvalue weighted by molar-refractivity contribution is -0.997. The smallest absolute Gasteiger partial charge is 0.452 e. The van der Waals surface area contributed by atoms with E-state index in [1.165, 1.54) is 0 Å². The molecule has 5 aromatic rings. The first-order valence-corrected chi connectivity index (χ1v) is 10.7. The lowest BCUT2D eigenvalue weighted by Crippen LogP contribution is -2.75. The summed E-state index contributed by atoms with van der Waals surface area (Å²) in [5.74, 6) is 3.30. The molecule has 8 rings (SSSR count). The van der Waals surface area contributed by atoms with Crippen LogP contribution in [0.15, 0.2) is 104 Å². The lowest BCUT2D eigenvalue weighted by Gasteiger charge is -2.31. The first-order valence-electron chi connectivity index (χ1n) is 10.7. The van der Waals surface area contributed by atoms with Crippen molar-refractivity contribution < 1.29 is 18.7 Å². The average Bonchev–Trinajstić information content (AvgIpc) is 3.43. The molecule has 32 heavy (non-hydrogen) atoms. The Bertz CT molecular complexity index is 1590. The minimum absolute atomic E-state index is 0.623. The van der Waals surface area contributed by atoms with Crippen LogP contribution in [0.4, 0.5) is 0 Å². The molecule has 0 fully saturated rings. The van der Waals surface area contributed by atoms with Crippen molar-refractivity contribution in [3.8, 4) is 39.9 Å². The molecule has 0 saturated carbocycles. The summed E-state index contributed by atoms with van der Waals surface area (Å²) >= 11 is 0. The molecular formula is C27H17N3O2+2. The van der Waals surface area contributed by atoms with E-state index in [9.17, 15) is 0 Å². The Morgan fingerprint density at radius 1 is 0.656 bits per heavy atom. The Kier molecular flexibility index (Phi) is 2.78. The molecule has 5 heteroatoms. The maximum Gasteiger partial charge on any atom is 0.452 e. The monoisotopic (exact) mass is 415 g/mol. The molecule has 0 radical (unpaired) electrons. The Morgan fingerprint density at radius 2 is 1.50 bits per heavy atom. The lowest BCUT2D eigenvalue weighted by atomic mass is 9.84. The van der Waals surface area contributed by atoms with Gasteiger partial charge in [0.05, 0.1) is 12.3 Å². The van der Waals surface area contributed by atoms with Gasteiger partial charge in [-0.15, -0.1) is 4.68 Å². The molecule has 5 heterocycles. The molecule has 1 spiro atoms. The largest absolute Gasteiger partial charge is 0.455 e. The molecule has 3 aliphatic rings. The minimum atomic E-state index is -0.623. The normalized spacial score (nSPS) is 18.0. The van der Waals surface area contributed by atoms with Crippen LogP contribution in [-0.4, -0.2) is 4.68 Å². The van der Waals surface area contributed by atoms with Crippen molar-refractivity contribution in [1.29, 1.82) is 0 Å². The Morgan fingerprint density at radius 3 is 2.41 bits per heavy atom. The molecule has 150 valence electrons. The molecule has 0 N–H and O–H groups in total. The summed E-state index contributed by atoms with van der Waals surface area (Å²) in [5.41, 5.74) is 4.92. The van der Waals surface area contributed by atoms with Crippen molar-refractivity contribution in [2.75, 3.05) is 0 Å². The first-order chi connectivity index (χ1) is 15.9. The number of ether oxygens (including phenoxy) is 2. The van der Waals surface area contributed by atoms with Crippen molar-refractivity contribution in [1.82, 2.24) is 4.68 Å². The highest BCUT2D eigenvalue weighted by Gasteiger charge is 2.71. The van der Waals surface area contributed by atoms with Gasteiger partial charge in [-0.25, -0.2) is 0 Å². The van der Waals surface area contributed by atoms with E-state index in [4.69, 9.17) is 9.47 Å². The summed E-state index contributed by atoms with van der Waals surface area (Å²) in [6, 6.07) is 29.1. The zero-order valence-corrected chi connectivity index (χ0v) is 17.0. The first kappa shape index (κ1) is 16.3. The number of aromatic nitrogens is 3. The van der Waals surface area contributed by atoms with Crippen LogP contribution in [0.5, 0.6) is 23.1 Å². The fourth-order valence-electron chi connectivity index (χ4n) is 5.55. The number of hydrogen-bond donors (Lipinski definition) is 0. The number of fused-ring (bicyclic) bond motifs is 3. The molecule has 0 bridgehead atoms. The van der Waals surface area contributed by atoms with Crippen LogP contribution in [0, 0.1) is 0 Å². The van der Waals surface area contributed by atoms with E-state index >= 15 is 0 Å². The number of nitrogens with zero attached hydrogens (tertiary/aromatic N) is 3. The molecule has 0 aliphatic carbocycles. The summed E-state index contributed by atoms with van der Waals surface area (Å²) in [4.78, 5) is 0. The third-order valence-corrected chi connectivity index (χ3v) is 6.74. The van der Waals surface area contributed by atoms with Crippen molar-refractivity contribution >= 4 is 0 Å². The van der Waals surface area contributed by atoms with Crippen LogP contribution in [0.25, 0.3) is 16.8 Å². The molecule has 2 aromatic heterocycles. The van der Waals surface area contributed by atoms with Crippen molar-refractivity contribution in [2.24, 2.45) is 0 Å². The molecule has 0 amide bonds. The van der Waals surface area contributed by atoms with Gasteiger partial charge in [0, 0.05) is 12.1 Å². The summed E-state index contributed by atoms with van der Waals surface area (Å²) in [6.07, 6.45) is 6.33. The van der Waals surface area contributed by atoms with Crippen molar-refractivity contribution in [2.45, 2.75) is 5.66 Å². The second kappa shape index (κ2) is 5.45. The van der Waals surface area contributed by atoms with Crippen LogP contribution >= 0.6 is 0 Å². The predicted molar refractivity (Wildman–Crippen MR) is 116 cm³/mol. The van der Waals surface area contributed by atoms with Gasteiger partial charge in [-0.3, -0.25) is 0 Å². The Hall–Kier alpha value is -4.38. The average molecular weight is 415 g/mol. The third-order valence-electron chi connectivity index (χ3n) is 6.74. The summed E-state index contributed by atoms with van der Waals surface area (Å²) in [6.45, 7) is 0. The maximum atomic E-state index is 6.57. The van der Waals surface area contributed by atoms with Crippen molar-refractivity contribution in [3.05, 3.63) is 115 Å². The molecule has 1 atom stereocenters. The molecular weight excluding hydrogens is 398 g/mol. The highest BCUT2D eigenvalue weighted by Crippen LogP contribution is 2.55. The summed E-state index contributed by atoms with van der Waals surface area (Å²) in [5, 5.41) is 0. The standard InChI is InChI=1S/C27H17N3O2/c1-2-8-18(9-3-1)19-16-20-25-23(17-19)31-21-10-6-11-22-26(21)27(25,30-15-7-14-29(20)30)28-13-5-4-12-24(28)32-22/h1-17H/q+2. The van der Waals surface area contributed by atoms with Gasteiger partial charge in [0.2, 0.25) is 6.20 Å². The van der Waals surface area contributed by atoms with Crippen LogP contribution < -0.4 is 18.7 Å². The highest BCUT2D eigenvalue weighted by molar-refractivity contribution is 5.75. The van der Waals surface area contributed by atoms with Gasteiger partial charge in [-0.05, 0) is 46.1 Å². The van der Waals surface area contributed by atoms with Gasteiger partial charge < -0.3 is 9.47 Å². The number of hydrogen-bond acceptors (Lipinski definition) is 2. The topological polar surface area (TPSA) is 31.1 Å². The Balaban J connectivity index is 1.56. The van der Waals surface area contributed by atoms with Crippen LogP contribution in [0.1, 0.15) is 11.1 Å². The fraction of sp³-hybridized carbons (Fsp3) is 0.0370. The molecule has 5 nitrogen and oxygen atoms in total. The number of benzene rings is 3. The number of rotatable bonds is 1. The molecule has 0 saturated heterocycles. The molecule has 3 aliphatic heterocycles. The maximum absolute atomic E-state index is 6.57. The van der Waals surface area contributed by atoms with Crippen LogP contribution in [0.2, 0.25) is 0 Å². The second-order valence-electron chi connectivity index (χ2n) is 8.33. The van der Waals surface area contributed by atoms with E-state index in [1.807, 2.05) is 36.4 Å². The van der Waals surface area contributed by atoms with Gasteiger partial charge in [-0.1, -0.05) is 41.0 Å². The zero-order chi connectivity index (χ0) is 20.9. The van der Waals surface area contributed by atoms with Crippen LogP contribution in [-0.2, 0) is 5.66 Å². The van der Waals surface area contributed by atoms with Crippen molar-refractivity contribution in [3.63, 3.8) is 0 Å². The van der Waals surface area contributed by atoms with E-state index in [2.05, 4.69) is 81.1 Å². The van der Waals surface area contributed by atoms with Gasteiger partial charge in [0.1, 0.15) is 17.2 Å². The summed E-state index contributed by atoms with van der Waals surface area (Å²) < 4.78 is 19.6. The van der Waals surface area contributed by atoms with E-state index in [0.717, 1.165) is 51.1 Å². The summed E-state index contributed by atoms with van der Waals surface area (Å²) in [7, 11) is 0. The van der Waals surface area contributed by atoms with Crippen LogP contribution in [0.3, 0.4) is 0 Å². The van der Waals surface area contributed by atoms with Gasteiger partial charge in [0.25, 0.3) is 0 Å². The van der Waals surface area contributed by atoms with E-state index in [-0.39, 0.29) is 0 Å². The number of pyridine rings is 1. The van der Waals surface area contributed by atoms with Gasteiger partial charge in [0.15, 0.2) is 23.1 Å². The quantitative estimate of drug-likeness (QED) is 0.369. The third kappa shape index (κ3) is 1.73. The van der Waals surface area contributed by atoms with Gasteiger partial charge >= 0.3 is 11.5 Å². The highest BCUT2D eigenvalue weighted by atomic mass is 16.5. The zero-order valence-electron chi connectivity index (χ0n) is 17.0. The second-order valence-corrected chi connectivity index (χ2v) is 8.33.